The van der Waals surface area contributed by atoms with E-state index in [1.807, 2.05) is 18.2 Å². The number of imidazole rings is 1. The van der Waals surface area contributed by atoms with Crippen molar-refractivity contribution in [3.05, 3.63) is 90.1 Å². The molecule has 10 rings (SSSR count). The van der Waals surface area contributed by atoms with Gasteiger partial charge in [-0.25, -0.2) is 4.98 Å². The molecule has 8 heterocycles. The molecule has 0 spiro atoms. The summed E-state index contributed by atoms with van der Waals surface area (Å²) in [4.78, 5) is 250. The highest BCUT2D eigenvalue weighted by Crippen LogP contribution is 2.27. The Bertz CT molecular complexity index is 4310. The summed E-state index contributed by atoms with van der Waals surface area (Å²) in [6.45, 7) is -0.663. The number of fused-ring (bicyclic) bond motifs is 1. The fourth-order valence-electron chi connectivity index (χ4n) is 15.9. The third-order valence-corrected chi connectivity index (χ3v) is 21.6. The Kier molecular flexibility index (Phi) is 30.3. The van der Waals surface area contributed by atoms with Gasteiger partial charge in [-0.2, -0.15) is 0 Å². The zero-order valence-electron chi connectivity index (χ0n) is 64.6. The summed E-state index contributed by atoms with van der Waals surface area (Å²) in [7, 11) is 0. The number of primary amides is 1. The maximum absolute atomic E-state index is 15.2. The summed E-state index contributed by atoms with van der Waals surface area (Å²) in [5.74, 6) is -11.3. The van der Waals surface area contributed by atoms with E-state index in [0.717, 1.165) is 10.9 Å². The maximum atomic E-state index is 15.2. The number of carbonyl (C=O) groups is 17. The molecule has 40 nitrogen and oxygen atoms in total. The predicted octanol–water partition coefficient (Wildman–Crippen LogP) is -5.73. The average molecular weight is 1610 g/mol. The second kappa shape index (κ2) is 41.0. The van der Waals surface area contributed by atoms with Crippen molar-refractivity contribution in [2.45, 2.75) is 176 Å². The number of nitrogens with one attached hydrogen (secondary N) is 14. The molecule has 18 N–H and O–H groups in total. The SMILES string of the molecule is CC(=O)N[C@H](Cc1cnc[nH]1)C(=O)N[C@H](Cc1ccccc1)C(=O)N[C@@H](CCCNC(=N)N)C(=O)N[C@H](Cc1c[nH]c2ccccc12)C(=O)N1CCC[C@@H]1C(=O)NCC(=O)N1CCC[C@@H]1C(=O)NCC(=O)N1CCC[C@@H]1C(=O)NCC(=O)N1CCC[C@@H]1C(=O)NCC(=O)N1CCC[C@@H]1C(=O)NCC(=O)N1CCC[C@H]1C(=O)NCC(N)=O. The predicted molar refractivity (Wildman–Crippen MR) is 413 cm³/mol. The van der Waals surface area contributed by atoms with Gasteiger partial charge in [0.15, 0.2) is 5.96 Å². The van der Waals surface area contributed by atoms with E-state index in [-0.39, 0.29) is 116 Å². The molecule has 116 heavy (non-hydrogen) atoms. The first kappa shape index (κ1) is 85.9. The van der Waals surface area contributed by atoms with Crippen molar-refractivity contribution >= 4 is 117 Å². The molecule has 10 atom stereocenters. The van der Waals surface area contributed by atoms with E-state index in [1.54, 1.807) is 42.6 Å². The lowest BCUT2D eigenvalue weighted by atomic mass is 10.0. The average Bonchev–Trinajstić information content (AvgIpc) is 1.67. The van der Waals surface area contributed by atoms with Gasteiger partial charge in [-0.05, 0) is 107 Å². The number of hydrogen-bond donors (Lipinski definition) is 16. The van der Waals surface area contributed by atoms with Crippen molar-refractivity contribution in [3.8, 4) is 0 Å². The lowest BCUT2D eigenvalue weighted by Crippen LogP contribution is -2.60. The molecule has 6 saturated heterocycles. The van der Waals surface area contributed by atoms with Crippen LogP contribution in [-0.4, -0.2) is 296 Å². The molecule has 0 radical (unpaired) electrons. The van der Waals surface area contributed by atoms with Crippen LogP contribution in [0.5, 0.6) is 0 Å². The van der Waals surface area contributed by atoms with Crippen LogP contribution in [0.4, 0.5) is 0 Å². The highest BCUT2D eigenvalue weighted by Gasteiger charge is 2.44. The number of guanidine groups is 1. The van der Waals surface area contributed by atoms with Crippen LogP contribution >= 0.6 is 0 Å². The Morgan fingerprint density at radius 3 is 1.23 bits per heavy atom. The zero-order chi connectivity index (χ0) is 83.1. The number of para-hydroxylation sites is 1. The number of rotatable bonds is 36. The first-order valence-corrected chi connectivity index (χ1v) is 39.3. The Morgan fingerprint density at radius 1 is 0.440 bits per heavy atom. The quantitative estimate of drug-likeness (QED) is 0.0115. The van der Waals surface area contributed by atoms with Crippen molar-refractivity contribution in [1.29, 1.82) is 5.41 Å². The van der Waals surface area contributed by atoms with E-state index in [1.165, 1.54) is 48.8 Å². The molecule has 40 heteroatoms. The molecular formula is C76H103N23O17. The molecule has 0 unspecified atom stereocenters. The van der Waals surface area contributed by atoms with Crippen LogP contribution in [0.25, 0.3) is 10.9 Å². The number of nitrogens with two attached hydrogens (primary N) is 2. The molecule has 4 aromatic rings. The summed E-state index contributed by atoms with van der Waals surface area (Å²) in [5, 5.41) is 37.6. The second-order valence-corrected chi connectivity index (χ2v) is 29.6. The minimum Gasteiger partial charge on any atom is -0.370 e. The Balaban J connectivity index is 0.697. The zero-order valence-corrected chi connectivity index (χ0v) is 64.6. The van der Waals surface area contributed by atoms with Gasteiger partial charge < -0.3 is 109 Å². The monoisotopic (exact) mass is 1610 g/mol. The smallest absolute Gasteiger partial charge is 0.246 e. The van der Waals surface area contributed by atoms with Crippen molar-refractivity contribution in [2.75, 3.05) is 85.1 Å². The Labute approximate surface area is 667 Å². The molecule has 0 bridgehead atoms. The molecule has 0 saturated carbocycles. The Hall–Kier alpha value is -12.5. The van der Waals surface area contributed by atoms with E-state index >= 15 is 4.79 Å². The minimum absolute atomic E-state index is 0.00505. The first-order chi connectivity index (χ1) is 55.7. The van der Waals surface area contributed by atoms with Gasteiger partial charge in [-0.1, -0.05) is 48.5 Å². The van der Waals surface area contributed by atoms with Crippen LogP contribution in [0.2, 0.25) is 0 Å². The molecular weight excluding hydrogens is 1510 g/mol. The molecule has 6 fully saturated rings. The van der Waals surface area contributed by atoms with Crippen molar-refractivity contribution in [2.24, 2.45) is 11.5 Å². The molecule has 0 aliphatic carbocycles. The van der Waals surface area contributed by atoms with Gasteiger partial charge in [-0.3, -0.25) is 86.9 Å². The highest BCUT2D eigenvalue weighted by atomic mass is 16.2. The number of carbonyl (C=O) groups excluding carboxylic acids is 17. The van der Waals surface area contributed by atoms with Gasteiger partial charge in [0.2, 0.25) is 100 Å². The van der Waals surface area contributed by atoms with Crippen molar-refractivity contribution < 1.29 is 81.5 Å². The second-order valence-electron chi connectivity index (χ2n) is 29.6. The van der Waals surface area contributed by atoms with Crippen LogP contribution in [-0.2, 0) is 101 Å². The van der Waals surface area contributed by atoms with Crippen molar-refractivity contribution in [3.63, 3.8) is 0 Å². The van der Waals surface area contributed by atoms with E-state index < -0.39 is 200 Å². The van der Waals surface area contributed by atoms with Crippen molar-refractivity contribution in [1.82, 2.24) is 103 Å². The molecule has 624 valence electrons. The highest BCUT2D eigenvalue weighted by molar-refractivity contribution is 6.01. The molecule has 2 aromatic carbocycles. The fraction of sp³-hybridized carbons (Fsp3) is 0.539. The van der Waals surface area contributed by atoms with Crippen LogP contribution in [0.15, 0.2) is 73.3 Å². The number of benzene rings is 2. The summed E-state index contributed by atoms with van der Waals surface area (Å²) in [6.07, 6.45) is 8.67. The lowest BCUT2D eigenvalue weighted by molar-refractivity contribution is -0.143. The summed E-state index contributed by atoms with van der Waals surface area (Å²) >= 11 is 0. The third-order valence-electron chi connectivity index (χ3n) is 21.6. The number of aromatic nitrogens is 3. The largest absolute Gasteiger partial charge is 0.370 e. The molecule has 6 aliphatic rings. The summed E-state index contributed by atoms with van der Waals surface area (Å²) < 4.78 is 0. The third kappa shape index (κ3) is 22.9. The Morgan fingerprint density at radius 2 is 0.819 bits per heavy atom. The van der Waals surface area contributed by atoms with Gasteiger partial charge in [0, 0.05) is 101 Å². The number of likely N-dealkylation sites (tertiary alicyclic amines) is 6. The summed E-state index contributed by atoms with van der Waals surface area (Å²) in [5.41, 5.74) is 13.2. The van der Waals surface area contributed by atoms with E-state index in [9.17, 15) is 76.7 Å². The number of hydrogen-bond acceptors (Lipinski definition) is 19. The van der Waals surface area contributed by atoms with Crippen LogP contribution < -0.4 is 70.0 Å². The number of H-pyrrole nitrogens is 2. The topological polar surface area (TPSA) is 562 Å². The lowest BCUT2D eigenvalue weighted by Gasteiger charge is -2.30. The normalized spacial score (nSPS) is 20.0. The first-order valence-electron chi connectivity index (χ1n) is 39.3. The standard InChI is InChI=1S/C76H103N23O17/c1-44(100)90-52(34-47-36-80-43-89-47)68(109)92-51(32-45-14-3-2-4-15-45)67(108)91-50(18-7-25-81-76(78)79)66(107)93-53(33-46-35-82-49-17-6-5-16-48(46)49)75(116)99-31-13-24-59(99)74(115)88-42-65(106)98-30-12-23-58(98)73(114)87-41-64(105)97-29-11-22-57(97)72(113)86-40-63(104)96-28-10-21-56(96)71(112)85-39-62(103)95-27-9-20-55(95)70(111)84-38-61(102)94-26-8-19-54(94)69(110)83-37-60(77)101/h2-6,14-17,35-36,43,50-59,82H,7-13,18-34,37-42H2,1H3,(H2,77,101)(H,80,89)(H,83,110)(H,84,111)(H,85,112)(H,86,113)(H,87,114)(H,88,115)(H,90,100)(H,91,108)(H,92,109)(H,93,107)(H4,78,79,81)/t50-,51+,52+,53+,54-,55+,56+,57+,58+,59+/m0/s1. The van der Waals surface area contributed by atoms with Crippen LogP contribution in [0.3, 0.4) is 0 Å². The number of aromatic amines is 2. The molecule has 6 aliphatic heterocycles. The number of nitrogens with zero attached hydrogens (tertiary/aromatic N) is 7. The minimum atomic E-state index is -1.38. The van der Waals surface area contributed by atoms with E-state index in [0.29, 0.717) is 61.8 Å². The maximum Gasteiger partial charge on any atom is 0.246 e. The van der Waals surface area contributed by atoms with Gasteiger partial charge in [0.1, 0.15) is 60.4 Å². The number of amides is 17. The van der Waals surface area contributed by atoms with Gasteiger partial charge in [0.05, 0.1) is 45.6 Å². The summed E-state index contributed by atoms with van der Waals surface area (Å²) in [6, 6.07) is 4.90. The van der Waals surface area contributed by atoms with Gasteiger partial charge >= 0.3 is 0 Å². The van der Waals surface area contributed by atoms with Gasteiger partial charge in [0.25, 0.3) is 0 Å². The van der Waals surface area contributed by atoms with Crippen LogP contribution in [0, 0.1) is 5.41 Å². The van der Waals surface area contributed by atoms with E-state index in [2.05, 4.69) is 73.4 Å². The van der Waals surface area contributed by atoms with E-state index in [4.69, 9.17) is 16.9 Å². The van der Waals surface area contributed by atoms with Crippen LogP contribution in [0.1, 0.15) is 114 Å². The van der Waals surface area contributed by atoms with Gasteiger partial charge in [-0.15, -0.1) is 0 Å². The molecule has 17 amide bonds. The fourth-order valence-corrected chi connectivity index (χ4v) is 15.9. The molecule has 2 aromatic heterocycles.